The molecule has 2 N–H and O–H groups in total. The molecule has 0 aromatic heterocycles. The molecule has 0 aromatic rings. The summed E-state index contributed by atoms with van der Waals surface area (Å²) in [5.41, 5.74) is 0. The summed E-state index contributed by atoms with van der Waals surface area (Å²) in [5.74, 6) is -4.29. The van der Waals surface area contributed by atoms with Crippen molar-refractivity contribution in [2.24, 2.45) is 0 Å². The lowest BCUT2D eigenvalue weighted by Gasteiger charge is -2.23. The molecule has 21 heavy (non-hydrogen) atoms. The average Bonchev–Trinajstić information content (AvgIpc) is 3.09. The van der Waals surface area contributed by atoms with Gasteiger partial charge in [0.05, 0.1) is 0 Å². The maximum Gasteiger partial charge on any atom is 0.342 e. The molecule has 2 aliphatic heterocycles. The molecular weight excluding hydrogens is 360 g/mol. The van der Waals surface area contributed by atoms with Gasteiger partial charge in [-0.25, -0.2) is 9.59 Å². The van der Waals surface area contributed by atoms with E-state index in [4.69, 9.17) is 0 Å². The molecule has 0 spiro atoms. The minimum Gasteiger partial charge on any atom is -0.480 e. The van der Waals surface area contributed by atoms with Gasteiger partial charge in [0, 0.05) is 11.5 Å². The molecule has 0 radical (unpaired) electrons. The number of carbonyl (C=O) groups is 4. The molecule has 2 saturated heterocycles. The number of carboxylic acid groups (broad SMARTS) is 2. The first kappa shape index (κ1) is 16.8. The Hall–Kier alpha value is -0.520. The quantitative estimate of drug-likeness (QED) is 0.423. The van der Waals surface area contributed by atoms with Crippen LogP contribution in [0.1, 0.15) is 12.8 Å². The summed E-state index contributed by atoms with van der Waals surface area (Å²) >= 11 is 0. The number of hydrogen-bond donors (Lipinski definition) is 2. The van der Waals surface area contributed by atoms with Crippen LogP contribution in [0.2, 0.25) is 0 Å². The van der Waals surface area contributed by atoms with E-state index < -0.39 is 33.4 Å². The standard InChI is InChI=1S/C10H10O7S4/c11-5(12)9(1-3-18-20-9)7(15)17-8(16)10(6(13)14)2-4-19-21-10/h1-4H2,(H,11,12)(H,13,14). The Morgan fingerprint density at radius 1 is 0.810 bits per heavy atom. The van der Waals surface area contributed by atoms with Gasteiger partial charge in [0.2, 0.25) is 9.49 Å². The molecule has 2 fully saturated rings. The monoisotopic (exact) mass is 370 g/mol. The molecule has 2 rings (SSSR count). The first-order valence-electron chi connectivity index (χ1n) is 5.70. The smallest absolute Gasteiger partial charge is 0.342 e. The van der Waals surface area contributed by atoms with Crippen molar-refractivity contribution < 1.29 is 34.1 Å². The normalized spacial score (nSPS) is 31.8. The van der Waals surface area contributed by atoms with Crippen molar-refractivity contribution in [3.63, 3.8) is 0 Å². The van der Waals surface area contributed by atoms with Crippen LogP contribution in [0.15, 0.2) is 0 Å². The molecule has 0 amide bonds. The van der Waals surface area contributed by atoms with Gasteiger partial charge in [-0.3, -0.25) is 9.59 Å². The molecule has 2 heterocycles. The molecule has 116 valence electrons. The van der Waals surface area contributed by atoms with Gasteiger partial charge in [-0.05, 0) is 12.8 Å². The Labute approximate surface area is 135 Å². The second-order valence-corrected chi connectivity index (χ2v) is 9.68. The number of aliphatic carboxylic acids is 2. The van der Waals surface area contributed by atoms with Crippen molar-refractivity contribution >= 4 is 67.1 Å². The van der Waals surface area contributed by atoms with Crippen molar-refractivity contribution in [1.82, 2.24) is 0 Å². The van der Waals surface area contributed by atoms with Gasteiger partial charge in [-0.15, -0.1) is 0 Å². The molecule has 0 saturated carbocycles. The Bertz CT molecular complexity index is 450. The molecule has 2 atom stereocenters. The van der Waals surface area contributed by atoms with Crippen LogP contribution in [0, 0.1) is 0 Å². The summed E-state index contributed by atoms with van der Waals surface area (Å²) < 4.78 is 0.966. The van der Waals surface area contributed by atoms with E-state index in [2.05, 4.69) is 4.74 Å². The van der Waals surface area contributed by atoms with Gasteiger partial charge < -0.3 is 14.9 Å². The third-order valence-electron chi connectivity index (χ3n) is 3.01. The predicted octanol–water partition coefficient (Wildman–Crippen LogP) is 1.27. The lowest BCUT2D eigenvalue weighted by molar-refractivity contribution is -0.167. The lowest BCUT2D eigenvalue weighted by atomic mass is 10.0. The number of rotatable bonds is 4. The number of carbonyl (C=O) groups excluding carboxylic acids is 2. The van der Waals surface area contributed by atoms with Crippen molar-refractivity contribution in [3.05, 3.63) is 0 Å². The summed E-state index contributed by atoms with van der Waals surface area (Å²) in [6.07, 6.45) is 0.0670. The zero-order chi connectivity index (χ0) is 15.7. The Kier molecular flexibility index (Phi) is 5.06. The highest BCUT2D eigenvalue weighted by Gasteiger charge is 2.57. The summed E-state index contributed by atoms with van der Waals surface area (Å²) in [6, 6.07) is 0. The van der Waals surface area contributed by atoms with Crippen molar-refractivity contribution in [3.8, 4) is 0 Å². The molecule has 7 nitrogen and oxygen atoms in total. The Morgan fingerprint density at radius 2 is 1.19 bits per heavy atom. The van der Waals surface area contributed by atoms with E-state index in [-0.39, 0.29) is 12.8 Å². The molecule has 0 aliphatic carbocycles. The number of esters is 2. The van der Waals surface area contributed by atoms with Crippen molar-refractivity contribution in [1.29, 1.82) is 0 Å². The molecule has 0 aromatic carbocycles. The van der Waals surface area contributed by atoms with E-state index in [9.17, 15) is 29.4 Å². The fourth-order valence-electron chi connectivity index (χ4n) is 1.72. The minimum absolute atomic E-state index is 0.0335. The van der Waals surface area contributed by atoms with Crippen LogP contribution in [0.25, 0.3) is 0 Å². The molecular formula is C10H10O7S4. The first-order valence-corrected chi connectivity index (χ1v) is 10.3. The summed E-state index contributed by atoms with van der Waals surface area (Å²) in [5, 5.41) is 18.4. The lowest BCUT2D eigenvalue weighted by Crippen LogP contribution is -2.49. The summed E-state index contributed by atoms with van der Waals surface area (Å²) in [7, 11) is 4.06. The Morgan fingerprint density at radius 3 is 1.43 bits per heavy atom. The maximum absolute atomic E-state index is 12.1. The van der Waals surface area contributed by atoms with Crippen molar-refractivity contribution in [2.75, 3.05) is 11.5 Å². The van der Waals surface area contributed by atoms with Crippen LogP contribution in [0.4, 0.5) is 0 Å². The highest BCUT2D eigenvalue weighted by Crippen LogP contribution is 2.50. The molecule has 0 bridgehead atoms. The SMILES string of the molecule is O=C(O)C1(C(=O)OC(=O)C2(C(=O)O)CCSS2)CCSS1. The van der Waals surface area contributed by atoms with E-state index in [1.165, 1.54) is 21.6 Å². The highest BCUT2D eigenvalue weighted by atomic mass is 33.1. The third kappa shape index (κ3) is 2.88. The molecule has 2 unspecified atom stereocenters. The van der Waals surface area contributed by atoms with E-state index in [0.29, 0.717) is 11.5 Å². The van der Waals surface area contributed by atoms with E-state index in [1.807, 2.05) is 0 Å². The van der Waals surface area contributed by atoms with E-state index in [1.54, 1.807) is 0 Å². The summed E-state index contributed by atoms with van der Waals surface area (Å²) in [4.78, 5) is 46.8. The van der Waals surface area contributed by atoms with Gasteiger partial charge in [0.25, 0.3) is 0 Å². The summed E-state index contributed by atoms with van der Waals surface area (Å²) in [6.45, 7) is 0. The van der Waals surface area contributed by atoms with Crippen LogP contribution in [-0.4, -0.2) is 55.1 Å². The number of hydrogen-bond acceptors (Lipinski definition) is 9. The third-order valence-corrected chi connectivity index (χ3v) is 9.06. The van der Waals surface area contributed by atoms with Gasteiger partial charge in [0.1, 0.15) is 0 Å². The van der Waals surface area contributed by atoms with Crippen LogP contribution in [0.5, 0.6) is 0 Å². The topological polar surface area (TPSA) is 118 Å². The van der Waals surface area contributed by atoms with Crippen LogP contribution in [0.3, 0.4) is 0 Å². The second-order valence-electron chi connectivity index (χ2n) is 4.25. The second kappa shape index (κ2) is 6.31. The van der Waals surface area contributed by atoms with Gasteiger partial charge >= 0.3 is 23.9 Å². The predicted molar refractivity (Wildman–Crippen MR) is 81.2 cm³/mol. The van der Waals surface area contributed by atoms with E-state index >= 15 is 0 Å². The van der Waals surface area contributed by atoms with Crippen LogP contribution >= 0.6 is 43.2 Å². The fourth-order valence-corrected chi connectivity index (χ4v) is 7.60. The van der Waals surface area contributed by atoms with Crippen LogP contribution in [-0.2, 0) is 23.9 Å². The fraction of sp³-hybridized carbons (Fsp3) is 0.600. The highest BCUT2D eigenvalue weighted by molar-refractivity contribution is 8.78. The number of ether oxygens (including phenoxy) is 1. The minimum atomic E-state index is -1.84. The molecule has 2 aliphatic rings. The van der Waals surface area contributed by atoms with E-state index in [0.717, 1.165) is 21.6 Å². The zero-order valence-electron chi connectivity index (χ0n) is 10.4. The Balaban J connectivity index is 2.17. The van der Waals surface area contributed by atoms with Gasteiger partial charge in [-0.2, -0.15) is 0 Å². The number of carboxylic acids is 2. The largest absolute Gasteiger partial charge is 0.480 e. The van der Waals surface area contributed by atoms with Crippen molar-refractivity contribution in [2.45, 2.75) is 22.3 Å². The van der Waals surface area contributed by atoms with Crippen LogP contribution < -0.4 is 0 Å². The average molecular weight is 370 g/mol. The maximum atomic E-state index is 12.1. The molecule has 11 heteroatoms. The first-order chi connectivity index (χ1) is 9.85. The van der Waals surface area contributed by atoms with Gasteiger partial charge in [-0.1, -0.05) is 43.2 Å². The zero-order valence-corrected chi connectivity index (χ0v) is 13.7. The van der Waals surface area contributed by atoms with Gasteiger partial charge in [0.15, 0.2) is 0 Å².